The van der Waals surface area contributed by atoms with Gasteiger partial charge in [0.25, 0.3) is 0 Å². The molecule has 0 heterocycles. The van der Waals surface area contributed by atoms with Gasteiger partial charge in [-0.1, -0.05) is 6.07 Å². The number of rotatable bonds is 3. The van der Waals surface area contributed by atoms with Gasteiger partial charge in [-0.05, 0) is 39.7 Å². The molecule has 3 nitrogen and oxygen atoms in total. The summed E-state index contributed by atoms with van der Waals surface area (Å²) in [7, 11) is 1.23. The van der Waals surface area contributed by atoms with Crippen LogP contribution in [-0.4, -0.2) is 19.4 Å². The maximum atomic E-state index is 12.0. The normalized spacial score (nSPS) is 11.6. The van der Waals surface area contributed by atoms with Crippen molar-refractivity contribution in [2.45, 2.75) is 6.36 Å². The molecule has 0 atom stereocenters. The van der Waals surface area contributed by atoms with Crippen molar-refractivity contribution < 1.29 is 27.4 Å². The number of hydrogen-bond acceptors (Lipinski definition) is 3. The highest BCUT2D eigenvalue weighted by Crippen LogP contribution is 2.31. The summed E-state index contributed by atoms with van der Waals surface area (Å²) in [6.07, 6.45) is -2.17. The lowest BCUT2D eigenvalue weighted by Crippen LogP contribution is -2.17. The van der Waals surface area contributed by atoms with Crippen molar-refractivity contribution in [2.24, 2.45) is 0 Å². The molecule has 1 rings (SSSR count). The number of ether oxygens (including phenoxy) is 2. The van der Waals surface area contributed by atoms with Gasteiger partial charge in [0.1, 0.15) is 5.75 Å². The number of carbonyl (C=O) groups excluding carboxylic acids is 1. The first-order valence-corrected chi connectivity index (χ1v) is 5.42. The Kier molecular flexibility index (Phi) is 4.77. The molecule has 0 aliphatic carbocycles. The zero-order valence-electron chi connectivity index (χ0n) is 9.12. The van der Waals surface area contributed by atoms with Crippen LogP contribution in [0.3, 0.4) is 0 Å². The molecule has 1 aromatic carbocycles. The van der Waals surface area contributed by atoms with E-state index in [1.54, 1.807) is 0 Å². The summed E-state index contributed by atoms with van der Waals surface area (Å²) in [6, 6.07) is 3.92. The largest absolute Gasteiger partial charge is 0.573 e. The van der Waals surface area contributed by atoms with Crippen molar-refractivity contribution in [1.82, 2.24) is 0 Å². The van der Waals surface area contributed by atoms with Crippen LogP contribution in [0.5, 0.6) is 5.75 Å². The lowest BCUT2D eigenvalue weighted by molar-refractivity contribution is -0.274. The monoisotopic (exact) mass is 324 g/mol. The van der Waals surface area contributed by atoms with Crippen molar-refractivity contribution in [3.63, 3.8) is 0 Å². The van der Waals surface area contributed by atoms with Gasteiger partial charge in [-0.2, -0.15) is 0 Å². The Morgan fingerprint density at radius 3 is 2.56 bits per heavy atom. The second kappa shape index (κ2) is 5.90. The van der Waals surface area contributed by atoms with E-state index in [-0.39, 0.29) is 10.2 Å². The summed E-state index contributed by atoms with van der Waals surface area (Å²) >= 11 is 2.95. The van der Waals surface area contributed by atoms with Crippen LogP contribution in [0.2, 0.25) is 0 Å². The van der Waals surface area contributed by atoms with Gasteiger partial charge in [0.15, 0.2) is 0 Å². The lowest BCUT2D eigenvalue weighted by atomic mass is 10.2. The molecule has 7 heteroatoms. The predicted molar refractivity (Wildman–Crippen MR) is 61.9 cm³/mol. The van der Waals surface area contributed by atoms with Gasteiger partial charge >= 0.3 is 12.3 Å². The zero-order valence-corrected chi connectivity index (χ0v) is 10.7. The summed E-state index contributed by atoms with van der Waals surface area (Å²) < 4.78 is 44.3. The molecule has 0 aliphatic heterocycles. The van der Waals surface area contributed by atoms with E-state index in [2.05, 4.69) is 25.4 Å². The molecule has 18 heavy (non-hydrogen) atoms. The second-order valence-corrected chi connectivity index (χ2v) is 3.95. The van der Waals surface area contributed by atoms with Gasteiger partial charge in [0.05, 0.1) is 11.6 Å². The standard InChI is InChI=1S/C11H8BrF3O3/c1-17-10(16)5-3-7-2-4-9(8(12)6-7)18-11(13,14)15/h2-6H,1H3. The quantitative estimate of drug-likeness (QED) is 0.630. The summed E-state index contributed by atoms with van der Waals surface area (Å²) in [4.78, 5) is 10.8. The molecule has 0 aliphatic rings. The topological polar surface area (TPSA) is 35.5 Å². The van der Waals surface area contributed by atoms with Gasteiger partial charge in [0, 0.05) is 6.08 Å². The van der Waals surface area contributed by atoms with Crippen molar-refractivity contribution in [3.8, 4) is 5.75 Å². The molecule has 1 aromatic rings. The SMILES string of the molecule is COC(=O)C=Cc1ccc(OC(F)(F)F)c(Br)c1. The summed E-state index contributed by atoms with van der Waals surface area (Å²) in [5.41, 5.74) is 0.529. The van der Waals surface area contributed by atoms with Crippen LogP contribution in [0.25, 0.3) is 6.08 Å². The Hall–Kier alpha value is -1.50. The molecule has 0 aromatic heterocycles. The van der Waals surface area contributed by atoms with Crippen LogP contribution in [0.15, 0.2) is 28.7 Å². The number of alkyl halides is 3. The smallest absolute Gasteiger partial charge is 0.466 e. The molecule has 0 radical (unpaired) electrons. The zero-order chi connectivity index (χ0) is 13.8. The fourth-order valence-electron chi connectivity index (χ4n) is 1.06. The van der Waals surface area contributed by atoms with E-state index >= 15 is 0 Å². The molecule has 0 amide bonds. The van der Waals surface area contributed by atoms with Crippen molar-refractivity contribution in [2.75, 3.05) is 7.11 Å². The third-order valence-electron chi connectivity index (χ3n) is 1.79. The minimum absolute atomic E-state index is 0.131. The average molecular weight is 325 g/mol. The van der Waals surface area contributed by atoms with E-state index in [1.807, 2.05) is 0 Å². The van der Waals surface area contributed by atoms with E-state index < -0.39 is 12.3 Å². The number of benzene rings is 1. The minimum atomic E-state index is -4.74. The maximum absolute atomic E-state index is 12.0. The first-order valence-electron chi connectivity index (χ1n) is 4.63. The van der Waals surface area contributed by atoms with E-state index in [4.69, 9.17) is 0 Å². The molecule has 0 saturated carbocycles. The molecule has 0 fully saturated rings. The highest BCUT2D eigenvalue weighted by Gasteiger charge is 2.31. The molecule has 0 spiro atoms. The number of methoxy groups -OCH3 is 1. The van der Waals surface area contributed by atoms with Gasteiger partial charge in [-0.3, -0.25) is 0 Å². The molecule has 0 unspecified atom stereocenters. The molecule has 0 saturated heterocycles. The summed E-state index contributed by atoms with van der Waals surface area (Å²) in [5.74, 6) is -0.903. The average Bonchev–Trinajstić information content (AvgIpc) is 2.27. The Bertz CT molecular complexity index is 469. The van der Waals surface area contributed by atoms with Gasteiger partial charge in [-0.25, -0.2) is 4.79 Å². The fraction of sp³-hybridized carbons (Fsp3) is 0.182. The number of halogens is 4. The van der Waals surface area contributed by atoms with Crippen LogP contribution < -0.4 is 4.74 Å². The van der Waals surface area contributed by atoms with E-state index in [0.29, 0.717) is 5.56 Å². The third-order valence-corrected chi connectivity index (χ3v) is 2.41. The molecule has 0 bridgehead atoms. The highest BCUT2D eigenvalue weighted by molar-refractivity contribution is 9.10. The highest BCUT2D eigenvalue weighted by atomic mass is 79.9. The third kappa shape index (κ3) is 4.79. The summed E-state index contributed by atoms with van der Waals surface area (Å²) in [6.45, 7) is 0. The van der Waals surface area contributed by atoms with E-state index in [9.17, 15) is 18.0 Å². The van der Waals surface area contributed by atoms with E-state index in [0.717, 1.165) is 12.1 Å². The fourth-order valence-corrected chi connectivity index (χ4v) is 1.54. The van der Waals surface area contributed by atoms with Crippen molar-refractivity contribution >= 4 is 28.0 Å². The molecular weight excluding hydrogens is 317 g/mol. The predicted octanol–water partition coefficient (Wildman–Crippen LogP) is 3.53. The van der Waals surface area contributed by atoms with Crippen LogP contribution >= 0.6 is 15.9 Å². The second-order valence-electron chi connectivity index (χ2n) is 3.09. The van der Waals surface area contributed by atoms with Crippen LogP contribution in [-0.2, 0) is 9.53 Å². The lowest BCUT2D eigenvalue weighted by Gasteiger charge is -2.10. The van der Waals surface area contributed by atoms with Gasteiger partial charge < -0.3 is 9.47 Å². The molecule has 0 N–H and O–H groups in total. The summed E-state index contributed by atoms with van der Waals surface area (Å²) in [5, 5.41) is 0. The maximum Gasteiger partial charge on any atom is 0.573 e. The Balaban J connectivity index is 2.86. The van der Waals surface area contributed by atoms with Gasteiger partial charge in [0.2, 0.25) is 0 Å². The molecule has 98 valence electrons. The Labute approximate surface area is 109 Å². The van der Waals surface area contributed by atoms with E-state index in [1.165, 1.54) is 25.3 Å². The number of hydrogen-bond donors (Lipinski definition) is 0. The minimum Gasteiger partial charge on any atom is -0.466 e. The first-order chi connectivity index (χ1) is 8.31. The van der Waals surface area contributed by atoms with Crippen molar-refractivity contribution in [3.05, 3.63) is 34.3 Å². The van der Waals surface area contributed by atoms with Crippen LogP contribution in [0, 0.1) is 0 Å². The van der Waals surface area contributed by atoms with Crippen LogP contribution in [0.1, 0.15) is 5.56 Å². The Morgan fingerprint density at radius 2 is 2.06 bits per heavy atom. The Morgan fingerprint density at radius 1 is 1.39 bits per heavy atom. The van der Waals surface area contributed by atoms with Crippen molar-refractivity contribution in [1.29, 1.82) is 0 Å². The number of carbonyl (C=O) groups is 1. The van der Waals surface area contributed by atoms with Crippen LogP contribution in [0.4, 0.5) is 13.2 Å². The molecular formula is C11H8BrF3O3. The first kappa shape index (κ1) is 14.6. The number of esters is 1. The van der Waals surface area contributed by atoms with Gasteiger partial charge in [-0.15, -0.1) is 13.2 Å².